The van der Waals surface area contributed by atoms with Crippen LogP contribution in [0.4, 0.5) is 0 Å². The molecule has 0 aromatic carbocycles. The molecule has 0 saturated heterocycles. The van der Waals surface area contributed by atoms with Crippen molar-refractivity contribution in [3.63, 3.8) is 0 Å². The molecule has 0 spiro atoms. The first-order valence-corrected chi connectivity index (χ1v) is 7.74. The first-order valence-electron chi connectivity index (χ1n) is 6.09. The van der Waals surface area contributed by atoms with Crippen molar-refractivity contribution in [1.29, 1.82) is 0 Å². The van der Waals surface area contributed by atoms with E-state index in [1.54, 1.807) is 0 Å². The second kappa shape index (κ2) is 5.98. The van der Waals surface area contributed by atoms with Gasteiger partial charge in [0.25, 0.3) is 0 Å². The summed E-state index contributed by atoms with van der Waals surface area (Å²) in [5.74, 6) is 1.59. The molecule has 1 saturated carbocycles. The lowest BCUT2D eigenvalue weighted by molar-refractivity contribution is 0.232. The van der Waals surface area contributed by atoms with Crippen molar-refractivity contribution < 1.29 is 8.42 Å². The van der Waals surface area contributed by atoms with E-state index in [1.165, 1.54) is 26.3 Å². The Kier molecular flexibility index (Phi) is 5.21. The molecule has 3 atom stereocenters. The monoisotopic (exact) mass is 248 g/mol. The van der Waals surface area contributed by atoms with Crippen LogP contribution in [0, 0.1) is 11.8 Å². The fourth-order valence-electron chi connectivity index (χ4n) is 2.30. The molecule has 1 rings (SSSR count). The lowest BCUT2D eigenvalue weighted by Gasteiger charge is -2.33. The predicted molar refractivity (Wildman–Crippen MR) is 66.8 cm³/mol. The molecule has 0 aliphatic heterocycles. The summed E-state index contributed by atoms with van der Waals surface area (Å²) in [5, 5.41) is 3.37. The van der Waals surface area contributed by atoms with E-state index in [0.29, 0.717) is 18.5 Å². The summed E-state index contributed by atoms with van der Waals surface area (Å²) >= 11 is 0. The van der Waals surface area contributed by atoms with Crippen molar-refractivity contribution in [2.45, 2.75) is 39.2 Å². The van der Waals surface area contributed by atoms with Gasteiger partial charge < -0.3 is 5.32 Å². The summed E-state index contributed by atoms with van der Waals surface area (Å²) < 4.78 is 24.8. The minimum Gasteiger partial charge on any atom is -0.313 e. The maximum absolute atomic E-state index is 11.2. The van der Waals surface area contributed by atoms with E-state index in [1.807, 2.05) is 0 Å². The molecule has 16 heavy (non-hydrogen) atoms. The lowest BCUT2D eigenvalue weighted by atomic mass is 9.80. The molecule has 4 nitrogen and oxygen atoms in total. The molecule has 1 fully saturated rings. The van der Waals surface area contributed by atoms with Gasteiger partial charge in [-0.2, -0.15) is 0 Å². The van der Waals surface area contributed by atoms with Gasteiger partial charge in [0.1, 0.15) is 0 Å². The van der Waals surface area contributed by atoms with Crippen LogP contribution < -0.4 is 10.0 Å². The van der Waals surface area contributed by atoms with Gasteiger partial charge in [-0.05, 0) is 31.7 Å². The second-order valence-corrected chi connectivity index (χ2v) is 7.03. The van der Waals surface area contributed by atoms with Crippen molar-refractivity contribution in [3.05, 3.63) is 0 Å². The summed E-state index contributed by atoms with van der Waals surface area (Å²) in [6, 6.07) is 0.482. The second-order valence-electron chi connectivity index (χ2n) is 4.98. The standard InChI is InChI=1S/C11H24N2O2S/c1-9-4-5-10(2)11(8-9)13-6-7-16(14,15)12-3/h9-13H,4-8H2,1-3H3. The van der Waals surface area contributed by atoms with Gasteiger partial charge in [0.2, 0.25) is 10.0 Å². The zero-order chi connectivity index (χ0) is 12.2. The maximum Gasteiger partial charge on any atom is 0.212 e. The van der Waals surface area contributed by atoms with E-state index in [9.17, 15) is 8.42 Å². The van der Waals surface area contributed by atoms with Crippen LogP contribution in [0.15, 0.2) is 0 Å². The largest absolute Gasteiger partial charge is 0.313 e. The van der Waals surface area contributed by atoms with Crippen LogP contribution in [-0.4, -0.2) is 33.8 Å². The van der Waals surface area contributed by atoms with Gasteiger partial charge in [0, 0.05) is 12.6 Å². The summed E-state index contributed by atoms with van der Waals surface area (Å²) in [4.78, 5) is 0. The number of sulfonamides is 1. The van der Waals surface area contributed by atoms with E-state index in [0.717, 1.165) is 5.92 Å². The zero-order valence-corrected chi connectivity index (χ0v) is 11.3. The van der Waals surface area contributed by atoms with Crippen LogP contribution in [-0.2, 0) is 10.0 Å². The van der Waals surface area contributed by atoms with Gasteiger partial charge in [0.15, 0.2) is 0 Å². The van der Waals surface area contributed by atoms with E-state index in [-0.39, 0.29) is 5.75 Å². The highest BCUT2D eigenvalue weighted by Gasteiger charge is 2.25. The molecule has 0 aromatic heterocycles. The van der Waals surface area contributed by atoms with E-state index >= 15 is 0 Å². The fourth-order valence-corrected chi connectivity index (χ4v) is 2.89. The van der Waals surface area contributed by atoms with E-state index < -0.39 is 10.0 Å². The number of rotatable bonds is 5. The Bertz CT molecular complexity index is 303. The van der Waals surface area contributed by atoms with Crippen molar-refractivity contribution in [3.8, 4) is 0 Å². The first-order chi connectivity index (χ1) is 7.44. The van der Waals surface area contributed by atoms with Crippen LogP contribution in [0.2, 0.25) is 0 Å². The third kappa shape index (κ3) is 4.39. The number of hydrogen-bond donors (Lipinski definition) is 2. The predicted octanol–water partition coefficient (Wildman–Crippen LogP) is 0.950. The van der Waals surface area contributed by atoms with E-state index in [2.05, 4.69) is 23.9 Å². The maximum atomic E-state index is 11.2. The molecule has 96 valence electrons. The van der Waals surface area contributed by atoms with Crippen LogP contribution >= 0.6 is 0 Å². The summed E-state index contributed by atoms with van der Waals surface area (Å²) in [5.41, 5.74) is 0. The lowest BCUT2D eigenvalue weighted by Crippen LogP contribution is -2.42. The molecule has 5 heteroatoms. The summed E-state index contributed by atoms with van der Waals surface area (Å²) in [7, 11) is -1.60. The van der Waals surface area contributed by atoms with Crippen LogP contribution in [0.3, 0.4) is 0 Å². The van der Waals surface area contributed by atoms with Crippen LogP contribution in [0.25, 0.3) is 0 Å². The summed E-state index contributed by atoms with van der Waals surface area (Å²) in [6.45, 7) is 5.06. The Balaban J connectivity index is 2.31. The topological polar surface area (TPSA) is 58.2 Å². The van der Waals surface area contributed by atoms with Crippen molar-refractivity contribution in [2.24, 2.45) is 11.8 Å². The van der Waals surface area contributed by atoms with E-state index in [4.69, 9.17) is 0 Å². The molecular weight excluding hydrogens is 224 g/mol. The quantitative estimate of drug-likeness (QED) is 0.761. The third-order valence-electron chi connectivity index (χ3n) is 3.55. The molecule has 0 bridgehead atoms. The Morgan fingerprint density at radius 2 is 1.94 bits per heavy atom. The molecule has 0 amide bonds. The Morgan fingerprint density at radius 3 is 2.56 bits per heavy atom. The first kappa shape index (κ1) is 13.9. The fraction of sp³-hybridized carbons (Fsp3) is 1.00. The van der Waals surface area contributed by atoms with Gasteiger partial charge in [-0.15, -0.1) is 0 Å². The van der Waals surface area contributed by atoms with Crippen molar-refractivity contribution in [1.82, 2.24) is 10.0 Å². The minimum atomic E-state index is -3.06. The highest BCUT2D eigenvalue weighted by Crippen LogP contribution is 2.28. The Morgan fingerprint density at radius 1 is 1.25 bits per heavy atom. The molecule has 1 aliphatic carbocycles. The number of nitrogens with one attached hydrogen (secondary N) is 2. The average Bonchev–Trinajstić information content (AvgIpc) is 2.23. The van der Waals surface area contributed by atoms with Gasteiger partial charge in [-0.3, -0.25) is 0 Å². The van der Waals surface area contributed by atoms with Crippen LogP contribution in [0.5, 0.6) is 0 Å². The van der Waals surface area contributed by atoms with Crippen LogP contribution in [0.1, 0.15) is 33.1 Å². The van der Waals surface area contributed by atoms with Gasteiger partial charge in [0.05, 0.1) is 5.75 Å². The Labute approximate surface area is 99.2 Å². The minimum absolute atomic E-state index is 0.168. The Hall–Kier alpha value is -0.130. The van der Waals surface area contributed by atoms with Crippen molar-refractivity contribution >= 4 is 10.0 Å². The normalized spacial score (nSPS) is 31.6. The highest BCUT2D eigenvalue weighted by molar-refractivity contribution is 7.89. The average molecular weight is 248 g/mol. The molecule has 0 heterocycles. The molecule has 2 N–H and O–H groups in total. The third-order valence-corrected chi connectivity index (χ3v) is 4.91. The zero-order valence-electron chi connectivity index (χ0n) is 10.5. The SMILES string of the molecule is CNS(=O)(=O)CCNC1CC(C)CCC1C. The summed E-state index contributed by atoms with van der Waals surface area (Å²) in [6.07, 6.45) is 3.71. The smallest absolute Gasteiger partial charge is 0.212 e. The van der Waals surface area contributed by atoms with Gasteiger partial charge >= 0.3 is 0 Å². The highest BCUT2D eigenvalue weighted by atomic mass is 32.2. The molecule has 1 aliphatic rings. The van der Waals surface area contributed by atoms with Gasteiger partial charge in [-0.25, -0.2) is 13.1 Å². The molecular formula is C11H24N2O2S. The molecule has 0 aromatic rings. The molecule has 0 radical (unpaired) electrons. The number of hydrogen-bond acceptors (Lipinski definition) is 3. The van der Waals surface area contributed by atoms with Gasteiger partial charge in [-0.1, -0.05) is 20.3 Å². The van der Waals surface area contributed by atoms with Crippen molar-refractivity contribution in [2.75, 3.05) is 19.3 Å². The molecule has 3 unspecified atom stereocenters.